The van der Waals surface area contributed by atoms with Crippen molar-refractivity contribution >= 4 is 33.2 Å². The summed E-state index contributed by atoms with van der Waals surface area (Å²) in [4.78, 5) is 22.8. The van der Waals surface area contributed by atoms with Crippen LogP contribution in [0.3, 0.4) is 0 Å². The topological polar surface area (TPSA) is 144 Å². The third-order valence-electron chi connectivity index (χ3n) is 4.69. The van der Waals surface area contributed by atoms with Crippen LogP contribution >= 0.6 is 11.6 Å². The molecule has 0 aromatic heterocycles. The maximum atomic E-state index is 13.6. The number of nitrogens with zero attached hydrogens (tertiary/aromatic N) is 2. The lowest BCUT2D eigenvalue weighted by atomic mass is 10.1. The molecule has 11 heteroatoms. The van der Waals surface area contributed by atoms with Gasteiger partial charge in [0.25, 0.3) is 5.69 Å². The number of halogens is 1. The zero-order valence-corrected chi connectivity index (χ0v) is 18.0. The van der Waals surface area contributed by atoms with Gasteiger partial charge in [0.1, 0.15) is 11.8 Å². The van der Waals surface area contributed by atoms with E-state index in [2.05, 4.69) is 0 Å². The van der Waals surface area contributed by atoms with Gasteiger partial charge in [-0.1, -0.05) is 41.9 Å². The van der Waals surface area contributed by atoms with E-state index < -0.39 is 33.4 Å². The normalized spacial score (nSPS) is 12.4. The van der Waals surface area contributed by atoms with Crippen molar-refractivity contribution in [2.45, 2.75) is 17.5 Å². The van der Waals surface area contributed by atoms with Gasteiger partial charge in [-0.05, 0) is 35.9 Å². The second-order valence-electron chi connectivity index (χ2n) is 6.79. The molecule has 0 spiro atoms. The predicted molar refractivity (Wildman–Crippen MR) is 117 cm³/mol. The number of hydrogen-bond donors (Lipinski definition) is 2. The summed E-state index contributed by atoms with van der Waals surface area (Å²) in [5, 5.41) is 21.7. The Morgan fingerprint density at radius 3 is 2.28 bits per heavy atom. The van der Waals surface area contributed by atoms with Gasteiger partial charge >= 0.3 is 0 Å². The minimum Gasteiger partial charge on any atom is -0.508 e. The highest BCUT2D eigenvalue weighted by atomic mass is 35.5. The lowest BCUT2D eigenvalue weighted by Crippen LogP contribution is -2.41. The molecule has 0 radical (unpaired) electrons. The number of hydrogen-bond acceptors (Lipinski definition) is 6. The number of rotatable bonds is 8. The number of phenolic OH excluding ortho intramolecular Hbond substituents is 1. The van der Waals surface area contributed by atoms with Crippen molar-refractivity contribution < 1.29 is 23.2 Å². The van der Waals surface area contributed by atoms with Crippen LogP contribution in [-0.4, -0.2) is 28.7 Å². The predicted octanol–water partition coefficient (Wildman–Crippen LogP) is 3.37. The molecule has 166 valence electrons. The minimum absolute atomic E-state index is 0.0704. The van der Waals surface area contributed by atoms with Crippen LogP contribution < -0.4 is 5.73 Å². The fourth-order valence-electron chi connectivity index (χ4n) is 3.14. The fourth-order valence-corrected chi connectivity index (χ4v) is 4.83. The van der Waals surface area contributed by atoms with E-state index in [9.17, 15) is 28.4 Å². The third-order valence-corrected chi connectivity index (χ3v) is 6.77. The van der Waals surface area contributed by atoms with Crippen molar-refractivity contribution in [2.75, 3.05) is 0 Å². The zero-order chi connectivity index (χ0) is 23.5. The molecule has 3 aromatic carbocycles. The van der Waals surface area contributed by atoms with Gasteiger partial charge in [-0.2, -0.15) is 4.31 Å². The van der Waals surface area contributed by atoms with Crippen LogP contribution in [0.4, 0.5) is 5.69 Å². The van der Waals surface area contributed by atoms with Crippen LogP contribution in [0.15, 0.2) is 77.7 Å². The minimum atomic E-state index is -4.37. The summed E-state index contributed by atoms with van der Waals surface area (Å²) in [7, 11) is -4.37. The number of nitrogens with two attached hydrogens (primary N) is 1. The van der Waals surface area contributed by atoms with Crippen LogP contribution in [0.2, 0.25) is 5.02 Å². The molecule has 0 aliphatic carbocycles. The van der Waals surface area contributed by atoms with Crippen LogP contribution in [0.1, 0.15) is 17.2 Å². The van der Waals surface area contributed by atoms with E-state index >= 15 is 0 Å². The Balaban J connectivity index is 2.19. The van der Waals surface area contributed by atoms with Gasteiger partial charge in [0, 0.05) is 29.3 Å². The maximum Gasteiger partial charge on any atom is 0.270 e. The summed E-state index contributed by atoms with van der Waals surface area (Å²) in [5.41, 5.74) is 5.47. The number of amides is 1. The molecule has 3 N–H and O–H groups in total. The van der Waals surface area contributed by atoms with E-state index in [1.807, 2.05) is 0 Å². The molecule has 3 rings (SSSR count). The van der Waals surface area contributed by atoms with E-state index in [4.69, 9.17) is 17.3 Å². The lowest BCUT2D eigenvalue weighted by molar-refractivity contribution is -0.385. The molecule has 0 fully saturated rings. The highest BCUT2D eigenvalue weighted by Gasteiger charge is 2.37. The second-order valence-corrected chi connectivity index (χ2v) is 9.12. The molecular formula is C21H18ClN3O6S. The molecule has 1 amide bonds. The van der Waals surface area contributed by atoms with Crippen molar-refractivity contribution in [2.24, 2.45) is 5.73 Å². The number of benzene rings is 3. The van der Waals surface area contributed by atoms with E-state index in [1.165, 1.54) is 36.4 Å². The Labute approximate surface area is 188 Å². The molecule has 0 heterocycles. The highest BCUT2D eigenvalue weighted by molar-refractivity contribution is 7.89. The Morgan fingerprint density at radius 2 is 1.72 bits per heavy atom. The summed E-state index contributed by atoms with van der Waals surface area (Å²) in [6.07, 6.45) is 0. The lowest BCUT2D eigenvalue weighted by Gasteiger charge is -2.29. The van der Waals surface area contributed by atoms with E-state index in [1.54, 1.807) is 18.2 Å². The van der Waals surface area contributed by atoms with Crippen molar-refractivity contribution in [1.29, 1.82) is 0 Å². The second kappa shape index (κ2) is 9.35. The van der Waals surface area contributed by atoms with Crippen LogP contribution in [0.25, 0.3) is 0 Å². The van der Waals surface area contributed by atoms with Gasteiger partial charge in [-0.3, -0.25) is 14.9 Å². The number of aromatic hydroxyl groups is 1. The summed E-state index contributed by atoms with van der Waals surface area (Å²) in [5.74, 6) is -1.33. The Morgan fingerprint density at radius 1 is 1.09 bits per heavy atom. The van der Waals surface area contributed by atoms with Crippen LogP contribution in [-0.2, 0) is 21.4 Å². The van der Waals surface area contributed by atoms with Gasteiger partial charge in [-0.25, -0.2) is 8.42 Å². The van der Waals surface area contributed by atoms with Gasteiger partial charge in [0.05, 0.1) is 9.82 Å². The Kier molecular flexibility index (Phi) is 6.78. The SMILES string of the molecule is NC(=O)C(c1ccccc1)N(Cc1cc([N+](=O)[O-])ccc1O)S(=O)(=O)c1ccc(Cl)cc1. The average Bonchev–Trinajstić information content (AvgIpc) is 2.75. The third kappa shape index (κ3) is 4.88. The molecule has 0 bridgehead atoms. The molecule has 1 atom stereocenters. The molecule has 1 unspecified atom stereocenters. The molecule has 0 aliphatic rings. The maximum absolute atomic E-state index is 13.6. The first kappa shape index (κ1) is 23.2. The quantitative estimate of drug-likeness (QED) is 0.377. The molecule has 3 aromatic rings. The number of phenols is 1. The smallest absolute Gasteiger partial charge is 0.270 e. The molecule has 0 aliphatic heterocycles. The average molecular weight is 476 g/mol. The van der Waals surface area contributed by atoms with Crippen molar-refractivity contribution in [1.82, 2.24) is 4.31 Å². The summed E-state index contributed by atoms with van der Waals surface area (Å²) >= 11 is 5.87. The van der Waals surface area contributed by atoms with Crippen molar-refractivity contribution in [3.8, 4) is 5.75 Å². The number of nitro benzene ring substituents is 1. The number of carbonyl (C=O) groups is 1. The monoisotopic (exact) mass is 475 g/mol. The van der Waals surface area contributed by atoms with Gasteiger partial charge in [-0.15, -0.1) is 0 Å². The van der Waals surface area contributed by atoms with Crippen LogP contribution in [0, 0.1) is 10.1 Å². The van der Waals surface area contributed by atoms with E-state index in [-0.39, 0.29) is 21.9 Å². The van der Waals surface area contributed by atoms with Gasteiger partial charge in [0.15, 0.2) is 0 Å². The number of sulfonamides is 1. The fraction of sp³-hybridized carbons (Fsp3) is 0.0952. The molecule has 9 nitrogen and oxygen atoms in total. The van der Waals surface area contributed by atoms with E-state index in [0.29, 0.717) is 10.6 Å². The van der Waals surface area contributed by atoms with Crippen LogP contribution in [0.5, 0.6) is 5.75 Å². The number of carbonyl (C=O) groups excluding carboxylic acids is 1. The molecule has 32 heavy (non-hydrogen) atoms. The molecule has 0 saturated carbocycles. The summed E-state index contributed by atoms with van der Waals surface area (Å²) in [6.45, 7) is -0.555. The summed E-state index contributed by atoms with van der Waals surface area (Å²) in [6, 6.07) is 15.0. The van der Waals surface area contributed by atoms with Crippen molar-refractivity contribution in [3.05, 3.63) is 99.1 Å². The Hall–Kier alpha value is -3.47. The first-order chi connectivity index (χ1) is 15.1. The molecule has 0 saturated heterocycles. The highest BCUT2D eigenvalue weighted by Crippen LogP contribution is 2.33. The first-order valence-electron chi connectivity index (χ1n) is 9.19. The summed E-state index contributed by atoms with van der Waals surface area (Å²) < 4.78 is 27.9. The van der Waals surface area contributed by atoms with Crippen molar-refractivity contribution in [3.63, 3.8) is 0 Å². The first-order valence-corrected chi connectivity index (χ1v) is 11.0. The largest absolute Gasteiger partial charge is 0.508 e. The van der Waals surface area contributed by atoms with E-state index in [0.717, 1.165) is 22.5 Å². The van der Waals surface area contributed by atoms with Gasteiger partial charge in [0.2, 0.25) is 15.9 Å². The zero-order valence-electron chi connectivity index (χ0n) is 16.5. The number of nitro groups is 1. The number of non-ortho nitro benzene ring substituents is 1. The number of primary amides is 1. The molecular weight excluding hydrogens is 458 g/mol. The standard InChI is InChI=1S/C21H18ClN3O6S/c22-16-6-9-18(10-7-16)32(30,31)24(20(21(23)27)14-4-2-1-3-5-14)13-15-12-17(25(28)29)8-11-19(15)26/h1-12,20,26H,13H2,(H2,23,27). The van der Waals surface area contributed by atoms with Gasteiger partial charge < -0.3 is 10.8 Å². The Bertz CT molecular complexity index is 1250.